The number of ether oxygens (including phenoxy) is 1. The standard InChI is InChI=1S/C15H18BrNO3/c1-9(7-14(18)20-2)17-15(19)13-8-12(13)10-3-5-11(16)6-4-10/h3-6,9,12-13H,7-8H2,1-2H3,(H,17,19)/t9-,12-,13+/m0/s1. The SMILES string of the molecule is COC(=O)C[C@H](C)NC(=O)[C@@H]1C[C@H]1c1ccc(Br)cc1. The van der Waals surface area contributed by atoms with Gasteiger partial charge in [-0.3, -0.25) is 9.59 Å². The largest absolute Gasteiger partial charge is 0.469 e. The smallest absolute Gasteiger partial charge is 0.307 e. The lowest BCUT2D eigenvalue weighted by Crippen LogP contribution is -2.35. The van der Waals surface area contributed by atoms with Crippen molar-refractivity contribution in [1.82, 2.24) is 5.32 Å². The van der Waals surface area contributed by atoms with Gasteiger partial charge in [-0.1, -0.05) is 28.1 Å². The summed E-state index contributed by atoms with van der Waals surface area (Å²) in [6.45, 7) is 1.81. The Morgan fingerprint density at radius 2 is 2.05 bits per heavy atom. The molecule has 4 nitrogen and oxygen atoms in total. The maximum atomic E-state index is 12.1. The maximum Gasteiger partial charge on any atom is 0.307 e. The Balaban J connectivity index is 1.84. The zero-order valence-corrected chi connectivity index (χ0v) is 13.1. The van der Waals surface area contributed by atoms with E-state index < -0.39 is 0 Å². The molecule has 5 heteroatoms. The number of rotatable bonds is 5. The van der Waals surface area contributed by atoms with Crippen molar-refractivity contribution in [2.24, 2.45) is 5.92 Å². The van der Waals surface area contributed by atoms with Crippen LogP contribution < -0.4 is 5.32 Å². The van der Waals surface area contributed by atoms with Gasteiger partial charge in [-0.15, -0.1) is 0 Å². The molecule has 0 spiro atoms. The minimum Gasteiger partial charge on any atom is -0.469 e. The Morgan fingerprint density at radius 1 is 1.40 bits per heavy atom. The highest BCUT2D eigenvalue weighted by Crippen LogP contribution is 2.47. The van der Waals surface area contributed by atoms with E-state index in [4.69, 9.17) is 0 Å². The molecule has 0 heterocycles. The van der Waals surface area contributed by atoms with Crippen LogP contribution in [0.3, 0.4) is 0 Å². The summed E-state index contributed by atoms with van der Waals surface area (Å²) in [5.74, 6) is 0.0390. The van der Waals surface area contributed by atoms with E-state index in [2.05, 4.69) is 26.0 Å². The Labute approximate surface area is 127 Å². The van der Waals surface area contributed by atoms with Gasteiger partial charge in [-0.05, 0) is 37.0 Å². The van der Waals surface area contributed by atoms with Crippen molar-refractivity contribution < 1.29 is 14.3 Å². The second-order valence-corrected chi connectivity index (χ2v) is 6.11. The molecule has 108 valence electrons. The number of carbonyl (C=O) groups excluding carboxylic acids is 2. The first-order valence-corrected chi connectivity index (χ1v) is 7.43. The molecule has 1 N–H and O–H groups in total. The van der Waals surface area contributed by atoms with E-state index in [1.807, 2.05) is 31.2 Å². The van der Waals surface area contributed by atoms with Gasteiger partial charge in [0.1, 0.15) is 0 Å². The number of nitrogens with one attached hydrogen (secondary N) is 1. The Kier molecular flexibility index (Phi) is 4.81. The molecule has 0 aliphatic heterocycles. The van der Waals surface area contributed by atoms with Crippen LogP contribution in [0.4, 0.5) is 0 Å². The number of hydrogen-bond acceptors (Lipinski definition) is 3. The van der Waals surface area contributed by atoms with Gasteiger partial charge >= 0.3 is 5.97 Å². The molecule has 0 radical (unpaired) electrons. The van der Waals surface area contributed by atoms with Crippen LogP contribution in [-0.2, 0) is 14.3 Å². The molecule has 3 atom stereocenters. The number of methoxy groups -OCH3 is 1. The molecule has 1 fully saturated rings. The number of amides is 1. The number of esters is 1. The molecule has 1 amide bonds. The summed E-state index contributed by atoms with van der Waals surface area (Å²) in [7, 11) is 1.35. The molecule has 1 aromatic rings. The Morgan fingerprint density at radius 3 is 2.65 bits per heavy atom. The fraction of sp³-hybridized carbons (Fsp3) is 0.467. The van der Waals surface area contributed by atoms with E-state index in [-0.39, 0.29) is 30.3 Å². The molecule has 0 bridgehead atoms. The van der Waals surface area contributed by atoms with Crippen molar-refractivity contribution in [2.45, 2.75) is 31.7 Å². The Hall–Kier alpha value is -1.36. The van der Waals surface area contributed by atoms with Crippen molar-refractivity contribution in [1.29, 1.82) is 0 Å². The highest BCUT2D eigenvalue weighted by Gasteiger charge is 2.44. The summed E-state index contributed by atoms with van der Waals surface area (Å²) in [6, 6.07) is 7.87. The molecule has 20 heavy (non-hydrogen) atoms. The second-order valence-electron chi connectivity index (χ2n) is 5.19. The van der Waals surface area contributed by atoms with Crippen molar-refractivity contribution in [3.63, 3.8) is 0 Å². The van der Waals surface area contributed by atoms with Gasteiger partial charge in [0.2, 0.25) is 5.91 Å². The molecule has 1 saturated carbocycles. The predicted octanol–water partition coefficient (Wildman–Crippen LogP) is 2.62. The molecule has 0 unspecified atom stereocenters. The fourth-order valence-corrected chi connectivity index (χ4v) is 2.56. The summed E-state index contributed by atoms with van der Waals surface area (Å²) in [5, 5.41) is 2.87. The predicted molar refractivity (Wildman–Crippen MR) is 79.2 cm³/mol. The monoisotopic (exact) mass is 339 g/mol. The van der Waals surface area contributed by atoms with Gasteiger partial charge in [0, 0.05) is 16.4 Å². The summed E-state index contributed by atoms with van der Waals surface area (Å²) < 4.78 is 5.62. The highest BCUT2D eigenvalue weighted by atomic mass is 79.9. The van der Waals surface area contributed by atoms with Crippen LogP contribution in [0, 0.1) is 5.92 Å². The molecule has 1 aromatic carbocycles. The number of hydrogen-bond donors (Lipinski definition) is 1. The first-order chi connectivity index (χ1) is 9.51. The topological polar surface area (TPSA) is 55.4 Å². The van der Waals surface area contributed by atoms with Gasteiger partial charge < -0.3 is 10.1 Å². The summed E-state index contributed by atoms with van der Waals surface area (Å²) in [4.78, 5) is 23.2. The van der Waals surface area contributed by atoms with Crippen LogP contribution in [0.2, 0.25) is 0 Å². The minimum absolute atomic E-state index is 0.0225. The van der Waals surface area contributed by atoms with Gasteiger partial charge in [0.05, 0.1) is 13.5 Å². The fourth-order valence-electron chi connectivity index (χ4n) is 2.30. The first kappa shape index (κ1) is 15.0. The van der Waals surface area contributed by atoms with Gasteiger partial charge in [-0.25, -0.2) is 0 Å². The number of carbonyl (C=O) groups is 2. The van der Waals surface area contributed by atoms with Crippen LogP contribution in [0.1, 0.15) is 31.2 Å². The number of benzene rings is 1. The quantitative estimate of drug-likeness (QED) is 0.839. The molecular weight excluding hydrogens is 322 g/mol. The zero-order chi connectivity index (χ0) is 14.7. The van der Waals surface area contributed by atoms with E-state index in [1.54, 1.807) is 0 Å². The van der Waals surface area contributed by atoms with Crippen LogP contribution in [0.5, 0.6) is 0 Å². The van der Waals surface area contributed by atoms with Crippen molar-refractivity contribution in [3.05, 3.63) is 34.3 Å². The lowest BCUT2D eigenvalue weighted by Gasteiger charge is -2.12. The van der Waals surface area contributed by atoms with E-state index in [0.717, 1.165) is 10.9 Å². The van der Waals surface area contributed by atoms with E-state index in [1.165, 1.54) is 12.7 Å². The van der Waals surface area contributed by atoms with Gasteiger partial charge in [-0.2, -0.15) is 0 Å². The van der Waals surface area contributed by atoms with E-state index in [9.17, 15) is 9.59 Å². The molecule has 2 rings (SSSR count). The van der Waals surface area contributed by atoms with E-state index in [0.29, 0.717) is 5.92 Å². The zero-order valence-electron chi connectivity index (χ0n) is 11.6. The van der Waals surface area contributed by atoms with Crippen LogP contribution in [0.25, 0.3) is 0 Å². The van der Waals surface area contributed by atoms with E-state index >= 15 is 0 Å². The molecule has 1 aliphatic carbocycles. The lowest BCUT2D eigenvalue weighted by atomic mass is 10.1. The van der Waals surface area contributed by atoms with Crippen LogP contribution >= 0.6 is 15.9 Å². The first-order valence-electron chi connectivity index (χ1n) is 6.64. The lowest BCUT2D eigenvalue weighted by molar-refractivity contribution is -0.141. The number of halogens is 1. The third-order valence-corrected chi connectivity index (χ3v) is 4.04. The van der Waals surface area contributed by atoms with Crippen molar-refractivity contribution in [2.75, 3.05) is 7.11 Å². The minimum atomic E-state index is -0.307. The summed E-state index contributed by atoms with van der Waals surface area (Å²) in [6.07, 6.45) is 1.08. The molecule has 0 aromatic heterocycles. The van der Waals surface area contributed by atoms with Gasteiger partial charge in [0.15, 0.2) is 0 Å². The Bertz CT molecular complexity index is 500. The van der Waals surface area contributed by atoms with Crippen molar-refractivity contribution in [3.8, 4) is 0 Å². The van der Waals surface area contributed by atoms with Crippen LogP contribution in [0.15, 0.2) is 28.7 Å². The van der Waals surface area contributed by atoms with Crippen LogP contribution in [-0.4, -0.2) is 25.0 Å². The highest BCUT2D eigenvalue weighted by molar-refractivity contribution is 9.10. The third kappa shape index (κ3) is 3.82. The molecule has 1 aliphatic rings. The second kappa shape index (κ2) is 6.39. The van der Waals surface area contributed by atoms with Gasteiger partial charge in [0.25, 0.3) is 0 Å². The normalized spacial score (nSPS) is 21.9. The summed E-state index contributed by atoms with van der Waals surface area (Å²) in [5.41, 5.74) is 1.19. The molecule has 0 saturated heterocycles. The summed E-state index contributed by atoms with van der Waals surface area (Å²) >= 11 is 3.40. The molecular formula is C15H18BrNO3. The third-order valence-electron chi connectivity index (χ3n) is 3.51. The maximum absolute atomic E-state index is 12.1. The average Bonchev–Trinajstić information content (AvgIpc) is 3.19. The van der Waals surface area contributed by atoms with Crippen molar-refractivity contribution >= 4 is 27.8 Å². The average molecular weight is 340 g/mol.